The third kappa shape index (κ3) is 5.19. The topological polar surface area (TPSA) is 0 Å². The molecule has 0 saturated heterocycles. The normalized spacial score (nSPS) is 11.6. The Kier molecular flexibility index (Phi) is 7.02. The van der Waals surface area contributed by atoms with E-state index in [0.29, 0.717) is 0 Å². The fourth-order valence-corrected chi connectivity index (χ4v) is 5.81. The minimum Gasteiger partial charge on any atom is -0.0622 e. The summed E-state index contributed by atoms with van der Waals surface area (Å²) in [6.07, 6.45) is 8.81. The van der Waals surface area contributed by atoms with E-state index < -0.39 is 0 Å². The van der Waals surface area contributed by atoms with E-state index in [0.717, 1.165) is 0 Å². The summed E-state index contributed by atoms with van der Waals surface area (Å²) in [5.41, 5.74) is 9.73. The van der Waals surface area contributed by atoms with Gasteiger partial charge in [0.25, 0.3) is 0 Å². The first kappa shape index (κ1) is 25.5. The minimum atomic E-state index is 1.18. The van der Waals surface area contributed by atoms with Gasteiger partial charge in [-0.25, -0.2) is 0 Å². The van der Waals surface area contributed by atoms with Gasteiger partial charge in [0.1, 0.15) is 0 Å². The summed E-state index contributed by atoms with van der Waals surface area (Å²) >= 11 is 0. The van der Waals surface area contributed by atoms with Crippen LogP contribution in [0, 0.1) is 0 Å². The number of fused-ring (bicyclic) bond motifs is 3. The molecule has 0 nitrogen and oxygen atoms in total. The Morgan fingerprint density at radius 2 is 0.595 bits per heavy atom. The summed E-state index contributed by atoms with van der Waals surface area (Å²) in [5.74, 6) is 0. The highest BCUT2D eigenvalue weighted by Crippen LogP contribution is 2.45. The second-order valence-electron chi connectivity index (χ2n) is 10.6. The van der Waals surface area contributed by atoms with Gasteiger partial charge in [0, 0.05) is 0 Å². The van der Waals surface area contributed by atoms with Gasteiger partial charge in [0.2, 0.25) is 0 Å². The highest BCUT2D eigenvalue weighted by Gasteiger charge is 2.18. The average molecular weight is 535 g/mol. The van der Waals surface area contributed by atoms with Gasteiger partial charge < -0.3 is 0 Å². The van der Waals surface area contributed by atoms with Crippen LogP contribution in [0.2, 0.25) is 0 Å². The van der Waals surface area contributed by atoms with Gasteiger partial charge in [0.15, 0.2) is 0 Å². The Balaban J connectivity index is 1.51. The first-order chi connectivity index (χ1) is 20.8. The predicted octanol–water partition coefficient (Wildman–Crippen LogP) is 11.7. The van der Waals surface area contributed by atoms with Gasteiger partial charge >= 0.3 is 0 Å². The van der Waals surface area contributed by atoms with E-state index in [1.165, 1.54) is 66.1 Å². The van der Waals surface area contributed by atoms with Crippen molar-refractivity contribution >= 4 is 45.8 Å². The summed E-state index contributed by atoms with van der Waals surface area (Å²) in [5, 5.41) is 5.05. The highest BCUT2D eigenvalue weighted by atomic mass is 14.2. The maximum Gasteiger partial charge on any atom is -0.00201 e. The average Bonchev–Trinajstić information content (AvgIpc) is 3.07. The lowest BCUT2D eigenvalue weighted by Gasteiger charge is -2.19. The van der Waals surface area contributed by atoms with E-state index in [2.05, 4.69) is 182 Å². The van der Waals surface area contributed by atoms with Crippen molar-refractivity contribution in [2.45, 2.75) is 0 Å². The molecule has 0 aliphatic carbocycles. The smallest absolute Gasteiger partial charge is 0.00201 e. The summed E-state index contributed by atoms with van der Waals surface area (Å²) in [4.78, 5) is 0. The van der Waals surface area contributed by atoms with Crippen LogP contribution in [0.5, 0.6) is 0 Å². The zero-order valence-electron chi connectivity index (χ0n) is 23.3. The molecule has 0 radical (unpaired) electrons. The maximum atomic E-state index is 2.35. The van der Waals surface area contributed by atoms with Crippen molar-refractivity contribution in [3.8, 4) is 22.3 Å². The molecule has 7 aromatic carbocycles. The van der Waals surface area contributed by atoms with Crippen LogP contribution in [0.3, 0.4) is 0 Å². The molecule has 0 aliphatic rings. The molecule has 198 valence electrons. The molecule has 0 saturated carbocycles. The lowest BCUT2D eigenvalue weighted by atomic mass is 9.84. The maximum absolute atomic E-state index is 2.35. The quantitative estimate of drug-likeness (QED) is 0.147. The molecule has 0 heterocycles. The van der Waals surface area contributed by atoms with Crippen molar-refractivity contribution in [2.24, 2.45) is 0 Å². The molecular weight excluding hydrogens is 504 g/mol. The summed E-state index contributed by atoms with van der Waals surface area (Å²) in [6, 6.07) is 56.4. The standard InChI is InChI=1S/C42H30/c1-5-13-31(14-6-1)21-23-33-25-27-37-38-28-26-34(24-22-32-15-7-2-8-16-32)30-40(38)42(36-19-11-4-12-20-36)41(39(37)29-33)35-17-9-3-10-18-35/h1-30H/b23-21+,24-22+. The lowest BCUT2D eigenvalue weighted by molar-refractivity contribution is 1.62. The van der Waals surface area contributed by atoms with Crippen LogP contribution >= 0.6 is 0 Å². The predicted molar refractivity (Wildman–Crippen MR) is 183 cm³/mol. The van der Waals surface area contributed by atoms with Crippen molar-refractivity contribution in [2.75, 3.05) is 0 Å². The Hall–Kier alpha value is -5.46. The summed E-state index contributed by atoms with van der Waals surface area (Å²) < 4.78 is 0. The van der Waals surface area contributed by atoms with Gasteiger partial charge in [-0.3, -0.25) is 0 Å². The molecular formula is C42H30. The van der Waals surface area contributed by atoms with E-state index in [-0.39, 0.29) is 0 Å². The molecule has 0 aromatic heterocycles. The van der Waals surface area contributed by atoms with Gasteiger partial charge in [0.05, 0.1) is 0 Å². The number of hydrogen-bond acceptors (Lipinski definition) is 0. The fraction of sp³-hybridized carbons (Fsp3) is 0. The van der Waals surface area contributed by atoms with Crippen molar-refractivity contribution in [3.63, 3.8) is 0 Å². The second kappa shape index (κ2) is 11.6. The van der Waals surface area contributed by atoms with Crippen molar-refractivity contribution in [1.29, 1.82) is 0 Å². The highest BCUT2D eigenvalue weighted by molar-refractivity contribution is 6.22. The zero-order chi connectivity index (χ0) is 28.1. The minimum absolute atomic E-state index is 1.18. The van der Waals surface area contributed by atoms with E-state index in [1.807, 2.05) is 0 Å². The molecule has 0 atom stereocenters. The van der Waals surface area contributed by atoms with E-state index >= 15 is 0 Å². The lowest BCUT2D eigenvalue weighted by Crippen LogP contribution is -1.93. The van der Waals surface area contributed by atoms with Crippen LogP contribution in [0.15, 0.2) is 158 Å². The van der Waals surface area contributed by atoms with Crippen LogP contribution in [-0.2, 0) is 0 Å². The van der Waals surface area contributed by atoms with Crippen LogP contribution < -0.4 is 0 Å². The molecule has 0 fully saturated rings. The van der Waals surface area contributed by atoms with Gasteiger partial charge in [-0.1, -0.05) is 170 Å². The first-order valence-corrected chi connectivity index (χ1v) is 14.4. The first-order valence-electron chi connectivity index (χ1n) is 14.4. The van der Waals surface area contributed by atoms with E-state index in [4.69, 9.17) is 0 Å². The second-order valence-corrected chi connectivity index (χ2v) is 10.6. The molecule has 0 bridgehead atoms. The van der Waals surface area contributed by atoms with Gasteiger partial charge in [-0.05, 0) is 78.2 Å². The van der Waals surface area contributed by atoms with Crippen LogP contribution in [0.4, 0.5) is 0 Å². The van der Waals surface area contributed by atoms with Crippen molar-refractivity contribution in [3.05, 3.63) is 180 Å². The van der Waals surface area contributed by atoms with Gasteiger partial charge in [-0.15, -0.1) is 0 Å². The largest absolute Gasteiger partial charge is 0.0622 e. The molecule has 0 amide bonds. The van der Waals surface area contributed by atoms with Crippen LogP contribution in [0.25, 0.3) is 68.1 Å². The summed E-state index contributed by atoms with van der Waals surface area (Å²) in [6.45, 7) is 0. The molecule has 0 N–H and O–H groups in total. The van der Waals surface area contributed by atoms with Crippen molar-refractivity contribution < 1.29 is 0 Å². The zero-order valence-corrected chi connectivity index (χ0v) is 23.3. The van der Waals surface area contributed by atoms with E-state index in [1.54, 1.807) is 0 Å². The molecule has 7 rings (SSSR count). The SMILES string of the molecule is C(=C\c1ccc2c(c1)c(-c1ccccc1)c(-c1ccccc1)c1cc(/C=C/c3ccccc3)ccc12)/c1ccccc1. The Bertz CT molecular complexity index is 1880. The fourth-order valence-electron chi connectivity index (χ4n) is 5.81. The third-order valence-electron chi connectivity index (χ3n) is 7.83. The monoisotopic (exact) mass is 534 g/mol. The van der Waals surface area contributed by atoms with E-state index in [9.17, 15) is 0 Å². The van der Waals surface area contributed by atoms with Crippen LogP contribution in [-0.4, -0.2) is 0 Å². The third-order valence-corrected chi connectivity index (χ3v) is 7.83. The molecule has 0 heteroatoms. The number of hydrogen-bond donors (Lipinski definition) is 0. The number of benzene rings is 7. The summed E-state index contributed by atoms with van der Waals surface area (Å²) in [7, 11) is 0. The molecule has 42 heavy (non-hydrogen) atoms. The molecule has 7 aromatic rings. The van der Waals surface area contributed by atoms with Crippen LogP contribution in [0.1, 0.15) is 22.3 Å². The number of rotatable bonds is 6. The van der Waals surface area contributed by atoms with Gasteiger partial charge in [-0.2, -0.15) is 0 Å². The molecule has 0 aliphatic heterocycles. The molecule has 0 spiro atoms. The Morgan fingerprint density at radius 3 is 0.976 bits per heavy atom. The molecule has 0 unspecified atom stereocenters. The Morgan fingerprint density at radius 1 is 0.262 bits per heavy atom. The van der Waals surface area contributed by atoms with Crippen molar-refractivity contribution in [1.82, 2.24) is 0 Å². The Labute approximate surface area is 247 Å².